The van der Waals surface area contributed by atoms with Crippen LogP contribution in [0.3, 0.4) is 0 Å². The number of hydrogen-bond donors (Lipinski definition) is 0. The standard InChI is InChI=1S/C16H25F3N2O/c17-16(18,19)12-21-9-4-13(14(21)22)20-10-7-15(8-11-20)5-2-1-3-6-15/h13H,1-12H2. The van der Waals surface area contributed by atoms with Crippen LogP contribution in [0.25, 0.3) is 0 Å². The molecule has 2 heterocycles. The van der Waals surface area contributed by atoms with E-state index in [2.05, 4.69) is 4.90 Å². The monoisotopic (exact) mass is 318 g/mol. The van der Waals surface area contributed by atoms with Crippen LogP contribution in [0, 0.1) is 5.41 Å². The van der Waals surface area contributed by atoms with Crippen LogP contribution in [0.2, 0.25) is 0 Å². The molecule has 1 atom stereocenters. The Hall–Kier alpha value is -0.780. The highest BCUT2D eigenvalue weighted by molar-refractivity contribution is 5.84. The zero-order chi connectivity index (χ0) is 15.8. The van der Waals surface area contributed by atoms with Crippen molar-refractivity contribution in [2.45, 2.75) is 63.6 Å². The van der Waals surface area contributed by atoms with E-state index in [-0.39, 0.29) is 18.5 Å². The normalized spacial score (nSPS) is 30.2. The molecule has 0 radical (unpaired) electrons. The third-order valence-electron chi connectivity index (χ3n) is 5.85. The van der Waals surface area contributed by atoms with Gasteiger partial charge in [-0.2, -0.15) is 13.2 Å². The predicted octanol–water partition coefficient (Wildman–Crippen LogP) is 3.20. The second-order valence-corrected chi connectivity index (χ2v) is 7.28. The number of carbonyl (C=O) groups is 1. The number of nitrogens with zero attached hydrogens (tertiary/aromatic N) is 2. The minimum absolute atomic E-state index is 0.241. The van der Waals surface area contributed by atoms with Crippen LogP contribution in [-0.2, 0) is 4.79 Å². The molecule has 22 heavy (non-hydrogen) atoms. The molecule has 3 nitrogen and oxygen atoms in total. The molecule has 0 bridgehead atoms. The topological polar surface area (TPSA) is 23.6 Å². The molecule has 0 aromatic heterocycles. The predicted molar refractivity (Wildman–Crippen MR) is 77.4 cm³/mol. The van der Waals surface area contributed by atoms with Crippen molar-refractivity contribution in [2.24, 2.45) is 5.41 Å². The van der Waals surface area contributed by atoms with Gasteiger partial charge < -0.3 is 4.90 Å². The van der Waals surface area contributed by atoms with Gasteiger partial charge in [0.15, 0.2) is 0 Å². The van der Waals surface area contributed by atoms with Crippen molar-refractivity contribution in [2.75, 3.05) is 26.2 Å². The fraction of sp³-hybridized carbons (Fsp3) is 0.938. The van der Waals surface area contributed by atoms with Crippen LogP contribution in [0.4, 0.5) is 13.2 Å². The summed E-state index contributed by atoms with van der Waals surface area (Å²) >= 11 is 0. The molecule has 1 unspecified atom stereocenters. The van der Waals surface area contributed by atoms with Crippen molar-refractivity contribution >= 4 is 5.91 Å². The lowest BCUT2D eigenvalue weighted by Crippen LogP contribution is -2.49. The van der Waals surface area contributed by atoms with Gasteiger partial charge >= 0.3 is 6.18 Å². The maximum Gasteiger partial charge on any atom is 0.406 e. The average molecular weight is 318 g/mol. The minimum Gasteiger partial charge on any atom is -0.332 e. The molecule has 3 rings (SSSR count). The Balaban J connectivity index is 1.54. The van der Waals surface area contributed by atoms with Gasteiger partial charge in [0.1, 0.15) is 6.54 Å². The van der Waals surface area contributed by atoms with Gasteiger partial charge in [-0.1, -0.05) is 19.3 Å². The molecule has 1 spiro atoms. The largest absolute Gasteiger partial charge is 0.406 e. The molecular weight excluding hydrogens is 293 g/mol. The minimum atomic E-state index is -4.29. The number of hydrogen-bond acceptors (Lipinski definition) is 2. The molecule has 3 fully saturated rings. The quantitative estimate of drug-likeness (QED) is 0.780. The summed E-state index contributed by atoms with van der Waals surface area (Å²) in [7, 11) is 0. The first kappa shape index (κ1) is 16.1. The third-order valence-corrected chi connectivity index (χ3v) is 5.85. The number of carbonyl (C=O) groups excluding carboxylic acids is 1. The molecule has 6 heteroatoms. The summed E-state index contributed by atoms with van der Waals surface area (Å²) in [5, 5.41) is 0. The van der Waals surface area contributed by atoms with Crippen LogP contribution in [0.5, 0.6) is 0 Å². The molecule has 1 saturated carbocycles. The van der Waals surface area contributed by atoms with Crippen molar-refractivity contribution in [3.05, 3.63) is 0 Å². The van der Waals surface area contributed by atoms with Crippen molar-refractivity contribution in [1.82, 2.24) is 9.80 Å². The summed E-state index contributed by atoms with van der Waals surface area (Å²) in [6, 6.07) is -0.316. The van der Waals surface area contributed by atoms with Crippen LogP contribution in [0.1, 0.15) is 51.4 Å². The summed E-state index contributed by atoms with van der Waals surface area (Å²) in [6.07, 6.45) is 4.99. The van der Waals surface area contributed by atoms with Crippen LogP contribution >= 0.6 is 0 Å². The Morgan fingerprint density at radius 1 is 1.00 bits per heavy atom. The van der Waals surface area contributed by atoms with Crippen LogP contribution in [-0.4, -0.2) is 54.1 Å². The fourth-order valence-electron chi connectivity index (χ4n) is 4.55. The van der Waals surface area contributed by atoms with Gasteiger partial charge in [-0.25, -0.2) is 0 Å². The van der Waals surface area contributed by atoms with E-state index in [0.29, 0.717) is 11.8 Å². The first-order chi connectivity index (χ1) is 10.4. The summed E-state index contributed by atoms with van der Waals surface area (Å²) in [5.41, 5.74) is 0.460. The second-order valence-electron chi connectivity index (χ2n) is 7.28. The number of piperidine rings is 1. The summed E-state index contributed by atoms with van der Waals surface area (Å²) in [5.74, 6) is -0.322. The van der Waals surface area contributed by atoms with E-state index < -0.39 is 12.7 Å². The van der Waals surface area contributed by atoms with Gasteiger partial charge in [-0.15, -0.1) is 0 Å². The summed E-state index contributed by atoms with van der Waals surface area (Å²) < 4.78 is 37.4. The molecule has 0 N–H and O–H groups in total. The summed E-state index contributed by atoms with van der Waals surface area (Å²) in [6.45, 7) is 0.886. The van der Waals surface area contributed by atoms with Crippen molar-refractivity contribution in [3.8, 4) is 0 Å². The maximum absolute atomic E-state index is 12.5. The molecule has 126 valence electrons. The first-order valence-corrected chi connectivity index (χ1v) is 8.48. The van der Waals surface area contributed by atoms with Gasteiger partial charge in [-0.3, -0.25) is 9.69 Å². The SMILES string of the molecule is O=C1C(N2CCC3(CCCCC3)CC2)CCN1CC(F)(F)F. The van der Waals surface area contributed by atoms with E-state index >= 15 is 0 Å². The third kappa shape index (κ3) is 3.42. The lowest BCUT2D eigenvalue weighted by Gasteiger charge is -2.45. The molecule has 1 amide bonds. The van der Waals surface area contributed by atoms with Gasteiger partial charge in [-0.05, 0) is 50.6 Å². The van der Waals surface area contributed by atoms with Crippen LogP contribution < -0.4 is 0 Å². The van der Waals surface area contributed by atoms with E-state index in [1.165, 1.54) is 32.1 Å². The van der Waals surface area contributed by atoms with Gasteiger partial charge in [0.05, 0.1) is 6.04 Å². The van der Waals surface area contributed by atoms with E-state index in [9.17, 15) is 18.0 Å². The Bertz CT molecular complexity index is 408. The van der Waals surface area contributed by atoms with E-state index in [4.69, 9.17) is 0 Å². The van der Waals surface area contributed by atoms with Gasteiger partial charge in [0, 0.05) is 6.54 Å². The van der Waals surface area contributed by atoms with E-state index in [1.54, 1.807) is 0 Å². The number of halogens is 3. The molecule has 0 aromatic rings. The number of likely N-dealkylation sites (tertiary alicyclic amines) is 2. The van der Waals surface area contributed by atoms with E-state index in [0.717, 1.165) is 30.8 Å². The van der Waals surface area contributed by atoms with E-state index in [1.807, 2.05) is 0 Å². The molecule has 3 aliphatic rings. The second kappa shape index (κ2) is 6.02. The Morgan fingerprint density at radius 3 is 2.23 bits per heavy atom. The molecule has 1 aliphatic carbocycles. The Labute approximate surface area is 129 Å². The lowest BCUT2D eigenvalue weighted by molar-refractivity contribution is -0.159. The number of rotatable bonds is 2. The zero-order valence-corrected chi connectivity index (χ0v) is 13.0. The van der Waals surface area contributed by atoms with Crippen molar-refractivity contribution in [1.29, 1.82) is 0 Å². The number of alkyl halides is 3. The average Bonchev–Trinajstić information content (AvgIpc) is 2.80. The van der Waals surface area contributed by atoms with Crippen molar-refractivity contribution in [3.63, 3.8) is 0 Å². The first-order valence-electron chi connectivity index (χ1n) is 8.48. The molecule has 2 aliphatic heterocycles. The molecular formula is C16H25F3N2O. The van der Waals surface area contributed by atoms with Crippen LogP contribution in [0.15, 0.2) is 0 Å². The fourth-order valence-corrected chi connectivity index (χ4v) is 4.55. The Kier molecular flexibility index (Phi) is 4.40. The highest BCUT2D eigenvalue weighted by Gasteiger charge is 2.44. The summed E-state index contributed by atoms with van der Waals surface area (Å²) in [4.78, 5) is 15.4. The smallest absolute Gasteiger partial charge is 0.332 e. The number of amides is 1. The van der Waals surface area contributed by atoms with Crippen molar-refractivity contribution < 1.29 is 18.0 Å². The highest BCUT2D eigenvalue weighted by atomic mass is 19.4. The zero-order valence-electron chi connectivity index (χ0n) is 13.0. The lowest BCUT2D eigenvalue weighted by atomic mass is 9.68. The molecule has 2 saturated heterocycles. The highest BCUT2D eigenvalue weighted by Crippen LogP contribution is 2.45. The maximum atomic E-state index is 12.5. The van der Waals surface area contributed by atoms with Gasteiger partial charge in [0.25, 0.3) is 0 Å². The van der Waals surface area contributed by atoms with Gasteiger partial charge in [0.2, 0.25) is 5.91 Å². The molecule has 0 aromatic carbocycles. The Morgan fingerprint density at radius 2 is 1.64 bits per heavy atom.